The first kappa shape index (κ1) is 20.1. The van der Waals surface area contributed by atoms with Gasteiger partial charge in [-0.3, -0.25) is 4.98 Å². The highest BCUT2D eigenvalue weighted by Crippen LogP contribution is 2.40. The van der Waals surface area contributed by atoms with Crippen LogP contribution in [0.15, 0.2) is 77.7 Å². The zero-order valence-electron chi connectivity index (χ0n) is 16.7. The Labute approximate surface area is 179 Å². The Balaban J connectivity index is 1.72. The summed E-state index contributed by atoms with van der Waals surface area (Å²) >= 11 is 0. The van der Waals surface area contributed by atoms with Gasteiger partial charge in [-0.1, -0.05) is 0 Å². The van der Waals surface area contributed by atoms with Gasteiger partial charge in [0.25, 0.3) is 0 Å². The normalized spacial score (nSPS) is 17.2. The quantitative estimate of drug-likeness (QED) is 0.578. The molecule has 2 aliphatic rings. The van der Waals surface area contributed by atoms with Gasteiger partial charge in [-0.2, -0.15) is 13.2 Å². The van der Waals surface area contributed by atoms with Gasteiger partial charge in [0.1, 0.15) is 5.82 Å². The van der Waals surface area contributed by atoms with Crippen molar-refractivity contribution in [1.82, 2.24) is 9.97 Å². The van der Waals surface area contributed by atoms with Gasteiger partial charge in [-0.15, -0.1) is 0 Å². The maximum atomic E-state index is 13.5. The van der Waals surface area contributed by atoms with E-state index in [-0.39, 0.29) is 5.92 Å². The Morgan fingerprint density at radius 1 is 0.969 bits per heavy atom. The fourth-order valence-corrected chi connectivity index (χ4v) is 3.88. The van der Waals surface area contributed by atoms with Gasteiger partial charge < -0.3 is 4.74 Å². The smallest absolute Gasteiger partial charge is 0.416 e. The van der Waals surface area contributed by atoms with Crippen LogP contribution in [-0.2, 0) is 6.18 Å². The van der Waals surface area contributed by atoms with Crippen LogP contribution in [0.2, 0.25) is 0 Å². The van der Waals surface area contributed by atoms with Crippen molar-refractivity contribution in [3.63, 3.8) is 0 Å². The van der Waals surface area contributed by atoms with Crippen LogP contribution in [0.25, 0.3) is 11.1 Å². The molecule has 0 spiro atoms. The van der Waals surface area contributed by atoms with E-state index >= 15 is 0 Å². The molecule has 1 aromatic carbocycles. The second-order valence-electron chi connectivity index (χ2n) is 7.37. The summed E-state index contributed by atoms with van der Waals surface area (Å²) in [6, 6.07) is 9.93. The molecule has 1 aliphatic carbocycles. The molecule has 160 valence electrons. The molecule has 8 heteroatoms. The lowest BCUT2D eigenvalue weighted by Gasteiger charge is -2.22. The molecule has 1 aliphatic heterocycles. The summed E-state index contributed by atoms with van der Waals surface area (Å²) in [4.78, 5) is 13.0. The fraction of sp³-hybridized carbons (Fsp3) is 0.125. The Hall–Kier alpha value is -3.81. The van der Waals surface area contributed by atoms with Crippen LogP contribution < -0.4 is 15.3 Å². The monoisotopic (exact) mass is 437 g/mol. The lowest BCUT2D eigenvalue weighted by Crippen LogP contribution is -2.25. The average Bonchev–Trinajstić information content (AvgIpc) is 3.15. The molecule has 32 heavy (non-hydrogen) atoms. The number of ether oxygens (including phenoxy) is 1. The minimum Gasteiger partial charge on any atom is -0.481 e. The van der Waals surface area contributed by atoms with Gasteiger partial charge in [-0.25, -0.2) is 14.4 Å². The lowest BCUT2D eigenvalue weighted by molar-refractivity contribution is -0.137. The highest BCUT2D eigenvalue weighted by atomic mass is 19.4. The van der Waals surface area contributed by atoms with Gasteiger partial charge in [0, 0.05) is 29.0 Å². The SMILES string of the molecule is COc1ccc(C2=CC3=c4cc(C(F)(F)F)ccc4=NC3=CC2c2ccc(F)cn2)cn1. The van der Waals surface area contributed by atoms with E-state index in [1.54, 1.807) is 18.3 Å². The number of benzene rings is 1. The molecule has 0 saturated heterocycles. The highest BCUT2D eigenvalue weighted by molar-refractivity contribution is 5.90. The number of fused-ring (bicyclic) bond motifs is 2. The van der Waals surface area contributed by atoms with Crippen LogP contribution >= 0.6 is 0 Å². The van der Waals surface area contributed by atoms with Crippen LogP contribution in [-0.4, -0.2) is 17.1 Å². The van der Waals surface area contributed by atoms with Crippen LogP contribution in [0.1, 0.15) is 22.7 Å². The van der Waals surface area contributed by atoms with E-state index in [0.717, 1.165) is 29.5 Å². The molecule has 3 aromatic rings. The number of hydrogen-bond acceptors (Lipinski definition) is 4. The Bertz CT molecular complexity index is 1390. The summed E-state index contributed by atoms with van der Waals surface area (Å²) in [6.45, 7) is 0. The third kappa shape index (κ3) is 3.47. The fourth-order valence-electron chi connectivity index (χ4n) is 3.88. The molecule has 0 saturated carbocycles. The van der Waals surface area contributed by atoms with Crippen molar-refractivity contribution in [3.05, 3.63) is 106 Å². The summed E-state index contributed by atoms with van der Waals surface area (Å²) in [6.07, 6.45) is 1.95. The van der Waals surface area contributed by atoms with Crippen LogP contribution in [0.3, 0.4) is 0 Å². The second kappa shape index (κ2) is 7.40. The predicted octanol–water partition coefficient (Wildman–Crippen LogP) is 4.19. The third-order valence-corrected chi connectivity index (χ3v) is 5.44. The maximum Gasteiger partial charge on any atom is 0.416 e. The van der Waals surface area contributed by atoms with Crippen molar-refractivity contribution in [2.24, 2.45) is 4.99 Å². The summed E-state index contributed by atoms with van der Waals surface area (Å²) < 4.78 is 58.4. The molecule has 1 unspecified atom stereocenters. The standard InChI is InChI=1S/C24H15F4N3O/c1-32-23-7-2-13(11-30-23)16-9-18-17-8-14(24(26,27)28)3-5-21(17)31-22(18)10-19(16)20-6-4-15(25)12-29-20/h2-12,19H,1H3. The van der Waals surface area contributed by atoms with Gasteiger partial charge in [0.15, 0.2) is 0 Å². The largest absolute Gasteiger partial charge is 0.481 e. The third-order valence-electron chi connectivity index (χ3n) is 5.44. The number of methoxy groups -OCH3 is 1. The minimum atomic E-state index is -4.45. The van der Waals surface area contributed by atoms with E-state index in [2.05, 4.69) is 15.0 Å². The van der Waals surface area contributed by atoms with Crippen molar-refractivity contribution < 1.29 is 22.3 Å². The molecule has 0 radical (unpaired) electrons. The van der Waals surface area contributed by atoms with Crippen molar-refractivity contribution in [2.75, 3.05) is 7.11 Å². The second-order valence-corrected chi connectivity index (χ2v) is 7.37. The van der Waals surface area contributed by atoms with E-state index in [4.69, 9.17) is 4.74 Å². The van der Waals surface area contributed by atoms with Crippen LogP contribution in [0.4, 0.5) is 17.6 Å². The number of pyridine rings is 2. The lowest BCUT2D eigenvalue weighted by atomic mass is 9.83. The molecule has 3 heterocycles. The summed E-state index contributed by atoms with van der Waals surface area (Å²) in [7, 11) is 1.51. The van der Waals surface area contributed by atoms with E-state index < -0.39 is 17.6 Å². The molecule has 0 fully saturated rings. The van der Waals surface area contributed by atoms with Crippen molar-refractivity contribution in [2.45, 2.75) is 12.1 Å². The van der Waals surface area contributed by atoms with Crippen molar-refractivity contribution in [3.8, 4) is 5.88 Å². The number of allylic oxidation sites excluding steroid dienone is 3. The molecule has 1 atom stereocenters. The van der Waals surface area contributed by atoms with Crippen molar-refractivity contribution in [1.29, 1.82) is 0 Å². The number of halogens is 4. The first-order valence-electron chi connectivity index (χ1n) is 9.69. The first-order valence-corrected chi connectivity index (χ1v) is 9.69. The number of rotatable bonds is 3. The van der Waals surface area contributed by atoms with E-state index in [9.17, 15) is 17.6 Å². The zero-order valence-corrected chi connectivity index (χ0v) is 16.7. The number of nitrogens with zero attached hydrogens (tertiary/aromatic N) is 3. The number of alkyl halides is 3. The maximum absolute atomic E-state index is 13.5. The Morgan fingerprint density at radius 3 is 2.47 bits per heavy atom. The van der Waals surface area contributed by atoms with E-state index in [1.807, 2.05) is 18.2 Å². The van der Waals surface area contributed by atoms with E-state index in [1.165, 1.54) is 19.2 Å². The highest BCUT2D eigenvalue weighted by Gasteiger charge is 2.32. The number of hydrogen-bond donors (Lipinski definition) is 0. The molecular weight excluding hydrogens is 422 g/mol. The van der Waals surface area contributed by atoms with Crippen LogP contribution in [0.5, 0.6) is 5.88 Å². The minimum absolute atomic E-state index is 0.385. The predicted molar refractivity (Wildman–Crippen MR) is 109 cm³/mol. The molecule has 0 amide bonds. The van der Waals surface area contributed by atoms with Crippen molar-refractivity contribution >= 4 is 11.1 Å². The van der Waals surface area contributed by atoms with Crippen LogP contribution in [0, 0.1) is 5.82 Å². The summed E-state index contributed by atoms with van der Waals surface area (Å²) in [5.74, 6) is -0.412. The molecular formula is C24H15F4N3O. The van der Waals surface area contributed by atoms with Gasteiger partial charge in [0.05, 0.1) is 35.6 Å². The molecule has 5 rings (SSSR count). The van der Waals surface area contributed by atoms with Gasteiger partial charge in [0.2, 0.25) is 5.88 Å². The van der Waals surface area contributed by atoms with Gasteiger partial charge in [-0.05, 0) is 59.7 Å². The van der Waals surface area contributed by atoms with Gasteiger partial charge >= 0.3 is 6.18 Å². The summed E-state index contributed by atoms with van der Waals surface area (Å²) in [5, 5.41) is 0.881. The first-order chi connectivity index (χ1) is 15.3. The molecule has 4 nitrogen and oxygen atoms in total. The topological polar surface area (TPSA) is 47.4 Å². The zero-order chi connectivity index (χ0) is 22.5. The average molecular weight is 437 g/mol. The Morgan fingerprint density at radius 2 is 1.81 bits per heavy atom. The summed E-state index contributed by atoms with van der Waals surface area (Å²) in [5.41, 5.74) is 2.50. The molecule has 0 bridgehead atoms. The molecule has 2 aromatic heterocycles. The Kier molecular flexibility index (Phi) is 4.65. The number of aromatic nitrogens is 2. The van der Waals surface area contributed by atoms with E-state index in [0.29, 0.717) is 33.4 Å². The molecule has 0 N–H and O–H groups in total.